The number of rotatable bonds is 5. The molecule has 1 N–H and O–H groups in total. The van der Waals surface area contributed by atoms with Crippen molar-refractivity contribution in [2.45, 2.75) is 64.1 Å². The molecule has 6 heteroatoms. The second-order valence-electron chi connectivity index (χ2n) is 8.91. The number of piperidine rings is 1. The number of piperazine rings is 1. The summed E-state index contributed by atoms with van der Waals surface area (Å²) in [6, 6.07) is 8.98. The summed E-state index contributed by atoms with van der Waals surface area (Å²) in [5, 5.41) is 3.64. The fraction of sp³-hybridized carbons (Fsp3) is 0.652. The van der Waals surface area contributed by atoms with Crippen LogP contribution in [0.3, 0.4) is 0 Å². The number of benzene rings is 1. The summed E-state index contributed by atoms with van der Waals surface area (Å²) in [5.74, 6) is 1.52. The third kappa shape index (κ3) is 4.74. The van der Waals surface area contributed by atoms with E-state index in [1.54, 1.807) is 6.92 Å². The van der Waals surface area contributed by atoms with Crippen LogP contribution in [-0.4, -0.2) is 66.0 Å². The third-order valence-electron chi connectivity index (χ3n) is 6.72. The van der Waals surface area contributed by atoms with Gasteiger partial charge in [-0.2, -0.15) is 0 Å². The van der Waals surface area contributed by atoms with E-state index in [2.05, 4.69) is 5.32 Å². The summed E-state index contributed by atoms with van der Waals surface area (Å²) in [6.07, 6.45) is 4.93. The van der Waals surface area contributed by atoms with Crippen LogP contribution in [0.4, 0.5) is 0 Å². The minimum atomic E-state index is -0.524. The molecule has 0 radical (unpaired) electrons. The van der Waals surface area contributed by atoms with E-state index in [-0.39, 0.29) is 11.8 Å². The lowest BCUT2D eigenvalue weighted by Gasteiger charge is -2.37. The predicted molar refractivity (Wildman–Crippen MR) is 112 cm³/mol. The van der Waals surface area contributed by atoms with E-state index in [4.69, 9.17) is 4.74 Å². The summed E-state index contributed by atoms with van der Waals surface area (Å²) in [5.41, 5.74) is 1.02. The van der Waals surface area contributed by atoms with Gasteiger partial charge in [0.25, 0.3) is 5.91 Å². The van der Waals surface area contributed by atoms with Crippen LogP contribution in [0.2, 0.25) is 0 Å². The first-order chi connectivity index (χ1) is 14.0. The van der Waals surface area contributed by atoms with Gasteiger partial charge in [0.1, 0.15) is 5.75 Å². The molecule has 0 spiro atoms. The Morgan fingerprint density at radius 1 is 1.07 bits per heavy atom. The second kappa shape index (κ2) is 8.74. The lowest BCUT2D eigenvalue weighted by Crippen LogP contribution is -2.53. The quantitative estimate of drug-likeness (QED) is 0.826. The van der Waals surface area contributed by atoms with E-state index in [9.17, 15) is 9.59 Å². The number of hydrogen-bond acceptors (Lipinski definition) is 4. The number of aryl methyl sites for hydroxylation is 1. The van der Waals surface area contributed by atoms with Crippen LogP contribution in [0.25, 0.3) is 0 Å². The molecule has 0 saturated carbocycles. The number of amides is 2. The number of nitrogens with one attached hydrogen (secondary N) is 1. The van der Waals surface area contributed by atoms with E-state index in [0.29, 0.717) is 50.6 Å². The van der Waals surface area contributed by atoms with Gasteiger partial charge in [-0.3, -0.25) is 9.59 Å². The lowest BCUT2D eigenvalue weighted by atomic mass is 9.89. The number of carbonyl (C=O) groups is 2. The fourth-order valence-corrected chi connectivity index (χ4v) is 5.08. The van der Waals surface area contributed by atoms with E-state index < -0.39 is 6.10 Å². The van der Waals surface area contributed by atoms with Crippen molar-refractivity contribution in [3.05, 3.63) is 29.8 Å². The summed E-state index contributed by atoms with van der Waals surface area (Å²) >= 11 is 0. The summed E-state index contributed by atoms with van der Waals surface area (Å²) < 4.78 is 5.88. The zero-order chi connectivity index (χ0) is 20.4. The van der Waals surface area contributed by atoms with Gasteiger partial charge in [-0.05, 0) is 57.1 Å². The first kappa shape index (κ1) is 20.2. The van der Waals surface area contributed by atoms with Gasteiger partial charge in [-0.15, -0.1) is 0 Å². The van der Waals surface area contributed by atoms with Crippen LogP contribution in [0, 0.1) is 12.8 Å². The van der Waals surface area contributed by atoms with Gasteiger partial charge in [0, 0.05) is 44.7 Å². The normalized spacial score (nSPS) is 27.6. The van der Waals surface area contributed by atoms with Crippen molar-refractivity contribution >= 4 is 11.8 Å². The van der Waals surface area contributed by atoms with Crippen LogP contribution in [-0.2, 0) is 9.59 Å². The molecule has 158 valence electrons. The molecule has 2 amide bonds. The van der Waals surface area contributed by atoms with Gasteiger partial charge in [0.2, 0.25) is 5.91 Å². The van der Waals surface area contributed by atoms with E-state index in [1.165, 1.54) is 12.8 Å². The van der Waals surface area contributed by atoms with Crippen molar-refractivity contribution in [1.82, 2.24) is 15.1 Å². The molecule has 0 aromatic heterocycles. The van der Waals surface area contributed by atoms with Crippen molar-refractivity contribution in [2.75, 3.05) is 26.2 Å². The van der Waals surface area contributed by atoms with Gasteiger partial charge in [-0.1, -0.05) is 18.2 Å². The summed E-state index contributed by atoms with van der Waals surface area (Å²) in [6.45, 7) is 6.20. The molecule has 1 aromatic carbocycles. The van der Waals surface area contributed by atoms with Gasteiger partial charge < -0.3 is 19.9 Å². The van der Waals surface area contributed by atoms with E-state index >= 15 is 0 Å². The highest BCUT2D eigenvalue weighted by Gasteiger charge is 2.35. The molecule has 3 unspecified atom stereocenters. The summed E-state index contributed by atoms with van der Waals surface area (Å²) in [7, 11) is 0. The largest absolute Gasteiger partial charge is 0.481 e. The van der Waals surface area contributed by atoms with E-state index in [0.717, 1.165) is 24.2 Å². The molecule has 6 nitrogen and oxygen atoms in total. The Morgan fingerprint density at radius 2 is 1.69 bits per heavy atom. The Labute approximate surface area is 173 Å². The first-order valence-electron chi connectivity index (χ1n) is 11.0. The molecule has 3 saturated heterocycles. The molecular weight excluding hydrogens is 366 g/mol. The molecule has 3 fully saturated rings. The molecule has 1 aromatic rings. The first-order valence-corrected chi connectivity index (χ1v) is 11.0. The van der Waals surface area contributed by atoms with Crippen molar-refractivity contribution in [1.29, 1.82) is 0 Å². The highest BCUT2D eigenvalue weighted by Crippen LogP contribution is 2.33. The Hall–Kier alpha value is -2.08. The highest BCUT2D eigenvalue weighted by molar-refractivity contribution is 5.82. The monoisotopic (exact) mass is 399 g/mol. The standard InChI is InChI=1S/C23H33N3O3/c1-16-5-3-4-6-21(16)29-17(2)23(28)26-11-9-25(10-12-26)22(27)15-18-13-19-7-8-20(14-18)24-19/h3-6,17-20,24H,7-15H2,1-2H3. The maximum Gasteiger partial charge on any atom is 0.263 e. The highest BCUT2D eigenvalue weighted by atomic mass is 16.5. The Kier molecular flexibility index (Phi) is 6.09. The predicted octanol–water partition coefficient (Wildman–Crippen LogP) is 2.35. The van der Waals surface area contributed by atoms with Crippen molar-refractivity contribution < 1.29 is 14.3 Å². The van der Waals surface area contributed by atoms with Crippen molar-refractivity contribution in [3.63, 3.8) is 0 Å². The van der Waals surface area contributed by atoms with Crippen LogP contribution < -0.4 is 10.1 Å². The van der Waals surface area contributed by atoms with Crippen LogP contribution in [0.5, 0.6) is 5.75 Å². The van der Waals surface area contributed by atoms with Crippen LogP contribution in [0.15, 0.2) is 24.3 Å². The average molecular weight is 400 g/mol. The molecule has 0 aliphatic carbocycles. The third-order valence-corrected chi connectivity index (χ3v) is 6.72. The Morgan fingerprint density at radius 3 is 2.34 bits per heavy atom. The van der Waals surface area contributed by atoms with Crippen molar-refractivity contribution in [2.24, 2.45) is 5.92 Å². The minimum absolute atomic E-state index is 0.00437. The Balaban J connectivity index is 1.23. The summed E-state index contributed by atoms with van der Waals surface area (Å²) in [4.78, 5) is 29.3. The molecular formula is C23H33N3O3. The zero-order valence-corrected chi connectivity index (χ0v) is 17.6. The fourth-order valence-electron chi connectivity index (χ4n) is 5.08. The molecule has 3 aliphatic heterocycles. The molecule has 4 rings (SSSR count). The molecule has 29 heavy (non-hydrogen) atoms. The smallest absolute Gasteiger partial charge is 0.263 e. The second-order valence-corrected chi connectivity index (χ2v) is 8.91. The van der Waals surface area contributed by atoms with Crippen molar-refractivity contribution in [3.8, 4) is 5.75 Å². The number of nitrogens with zero attached hydrogens (tertiary/aromatic N) is 2. The molecule has 3 atom stereocenters. The van der Waals surface area contributed by atoms with Gasteiger partial charge in [0.15, 0.2) is 6.10 Å². The number of ether oxygens (including phenoxy) is 1. The van der Waals surface area contributed by atoms with Gasteiger partial charge in [-0.25, -0.2) is 0 Å². The SMILES string of the molecule is Cc1ccccc1OC(C)C(=O)N1CCN(C(=O)CC2CC3CCC(C2)N3)CC1. The topological polar surface area (TPSA) is 61.9 Å². The average Bonchev–Trinajstić information content (AvgIpc) is 3.07. The number of para-hydroxylation sites is 1. The number of hydrogen-bond donors (Lipinski definition) is 1. The number of fused-ring (bicyclic) bond motifs is 2. The maximum absolute atomic E-state index is 12.8. The van der Waals surface area contributed by atoms with Gasteiger partial charge >= 0.3 is 0 Å². The maximum atomic E-state index is 12.8. The number of carbonyl (C=O) groups excluding carboxylic acids is 2. The molecule has 3 aliphatic rings. The lowest BCUT2D eigenvalue weighted by molar-refractivity contribution is -0.144. The minimum Gasteiger partial charge on any atom is -0.481 e. The molecule has 2 bridgehead atoms. The van der Waals surface area contributed by atoms with E-state index in [1.807, 2.05) is 41.0 Å². The zero-order valence-electron chi connectivity index (χ0n) is 17.6. The molecule has 3 heterocycles. The van der Waals surface area contributed by atoms with Crippen LogP contribution in [0.1, 0.15) is 44.6 Å². The van der Waals surface area contributed by atoms with Crippen LogP contribution >= 0.6 is 0 Å². The van der Waals surface area contributed by atoms with Gasteiger partial charge in [0.05, 0.1) is 0 Å². The Bertz CT molecular complexity index is 733.